The highest BCUT2D eigenvalue weighted by molar-refractivity contribution is 8.00. The first-order chi connectivity index (χ1) is 8.05. The lowest BCUT2D eigenvalue weighted by molar-refractivity contribution is 0.479. The molecular weight excluding hydrogens is 259 g/mol. The van der Waals surface area contributed by atoms with Gasteiger partial charge in [-0.1, -0.05) is 18.5 Å². The summed E-state index contributed by atoms with van der Waals surface area (Å²) in [5.74, 6) is 0.750. The SMILES string of the molecule is CC1SCCC1(CN)Nc1cc(F)cc(Cl)c1. The minimum absolute atomic E-state index is 0.151. The number of anilines is 1. The van der Waals surface area contributed by atoms with Gasteiger partial charge in [-0.05, 0) is 30.4 Å². The summed E-state index contributed by atoms with van der Waals surface area (Å²) < 4.78 is 13.3. The van der Waals surface area contributed by atoms with Gasteiger partial charge in [0.25, 0.3) is 0 Å². The highest BCUT2D eigenvalue weighted by atomic mass is 35.5. The maximum atomic E-state index is 13.3. The monoisotopic (exact) mass is 274 g/mol. The van der Waals surface area contributed by atoms with Crippen LogP contribution in [0.4, 0.5) is 10.1 Å². The summed E-state index contributed by atoms with van der Waals surface area (Å²) in [5.41, 5.74) is 6.43. The Balaban J connectivity index is 2.24. The lowest BCUT2D eigenvalue weighted by Crippen LogP contribution is -2.49. The van der Waals surface area contributed by atoms with Crippen LogP contribution in [0.2, 0.25) is 5.02 Å². The summed E-state index contributed by atoms with van der Waals surface area (Å²) in [6, 6.07) is 4.49. The summed E-state index contributed by atoms with van der Waals surface area (Å²) in [7, 11) is 0. The van der Waals surface area contributed by atoms with E-state index in [2.05, 4.69) is 12.2 Å². The van der Waals surface area contributed by atoms with Crippen LogP contribution in [0.1, 0.15) is 13.3 Å². The van der Waals surface area contributed by atoms with Crippen molar-refractivity contribution in [3.05, 3.63) is 29.0 Å². The third kappa shape index (κ3) is 2.69. The number of nitrogens with one attached hydrogen (secondary N) is 1. The zero-order valence-corrected chi connectivity index (χ0v) is 11.2. The standard InChI is InChI=1S/C12H16ClFN2S/c1-8-12(7-15,2-3-17-8)16-11-5-9(13)4-10(14)6-11/h4-6,8,16H,2-3,7,15H2,1H3. The van der Waals surface area contributed by atoms with Crippen LogP contribution in [0.5, 0.6) is 0 Å². The topological polar surface area (TPSA) is 38.0 Å². The molecule has 1 heterocycles. The minimum atomic E-state index is -0.328. The summed E-state index contributed by atoms with van der Waals surface area (Å²) in [5, 5.41) is 4.18. The van der Waals surface area contributed by atoms with Crippen molar-refractivity contribution in [2.45, 2.75) is 24.1 Å². The Bertz CT molecular complexity index is 395. The Morgan fingerprint density at radius 3 is 2.88 bits per heavy atom. The molecule has 1 fully saturated rings. The van der Waals surface area contributed by atoms with E-state index in [1.165, 1.54) is 12.1 Å². The van der Waals surface area contributed by atoms with Crippen molar-refractivity contribution in [3.8, 4) is 0 Å². The molecule has 2 unspecified atom stereocenters. The molecule has 2 nitrogen and oxygen atoms in total. The minimum Gasteiger partial charge on any atom is -0.377 e. The third-order valence-electron chi connectivity index (χ3n) is 3.31. The molecule has 2 atom stereocenters. The predicted molar refractivity (Wildman–Crippen MR) is 73.4 cm³/mol. The van der Waals surface area contributed by atoms with E-state index in [9.17, 15) is 4.39 Å². The Morgan fingerprint density at radius 1 is 1.59 bits per heavy atom. The van der Waals surface area contributed by atoms with Crippen molar-refractivity contribution in [3.63, 3.8) is 0 Å². The molecule has 94 valence electrons. The molecule has 2 rings (SSSR count). The average Bonchev–Trinajstić information content (AvgIpc) is 2.59. The number of benzene rings is 1. The number of hydrogen-bond acceptors (Lipinski definition) is 3. The van der Waals surface area contributed by atoms with Gasteiger partial charge in [-0.15, -0.1) is 0 Å². The maximum absolute atomic E-state index is 13.3. The quantitative estimate of drug-likeness (QED) is 0.889. The fourth-order valence-electron chi connectivity index (χ4n) is 2.18. The molecular formula is C12H16ClFN2S. The summed E-state index contributed by atoms with van der Waals surface area (Å²) in [6.07, 6.45) is 0.990. The molecule has 0 bridgehead atoms. The van der Waals surface area contributed by atoms with Crippen LogP contribution in [0, 0.1) is 5.82 Å². The van der Waals surface area contributed by atoms with Crippen molar-refractivity contribution in [1.82, 2.24) is 0 Å². The fourth-order valence-corrected chi connectivity index (χ4v) is 3.83. The lowest BCUT2D eigenvalue weighted by Gasteiger charge is -2.34. The van der Waals surface area contributed by atoms with Crippen molar-refractivity contribution in [1.29, 1.82) is 0 Å². The van der Waals surface area contributed by atoms with Gasteiger partial charge in [-0.2, -0.15) is 11.8 Å². The second-order valence-corrected chi connectivity index (χ2v) is 6.29. The van der Waals surface area contributed by atoms with E-state index in [0.29, 0.717) is 22.5 Å². The van der Waals surface area contributed by atoms with Crippen LogP contribution < -0.4 is 11.1 Å². The zero-order chi connectivity index (χ0) is 12.5. The third-order valence-corrected chi connectivity index (χ3v) is 4.92. The number of nitrogens with two attached hydrogens (primary N) is 1. The van der Waals surface area contributed by atoms with Crippen LogP contribution in [0.3, 0.4) is 0 Å². The molecule has 0 amide bonds. The van der Waals surface area contributed by atoms with E-state index in [4.69, 9.17) is 17.3 Å². The summed E-state index contributed by atoms with van der Waals surface area (Å²) >= 11 is 7.73. The molecule has 0 aliphatic carbocycles. The molecule has 1 aliphatic heterocycles. The van der Waals surface area contributed by atoms with E-state index >= 15 is 0 Å². The molecule has 1 saturated heterocycles. The number of halogens is 2. The maximum Gasteiger partial charge on any atom is 0.126 e. The van der Waals surface area contributed by atoms with E-state index in [0.717, 1.165) is 12.2 Å². The van der Waals surface area contributed by atoms with Crippen molar-refractivity contribution >= 4 is 29.1 Å². The van der Waals surface area contributed by atoms with Gasteiger partial charge in [0.05, 0.1) is 5.54 Å². The average molecular weight is 275 g/mol. The first kappa shape index (κ1) is 13.0. The normalized spacial score (nSPS) is 28.4. The summed E-state index contributed by atoms with van der Waals surface area (Å²) in [4.78, 5) is 0. The number of thioether (sulfide) groups is 1. The van der Waals surface area contributed by atoms with Crippen LogP contribution in [0.15, 0.2) is 18.2 Å². The van der Waals surface area contributed by atoms with Gasteiger partial charge in [0, 0.05) is 22.5 Å². The molecule has 17 heavy (non-hydrogen) atoms. The molecule has 1 aromatic carbocycles. The largest absolute Gasteiger partial charge is 0.377 e. The van der Waals surface area contributed by atoms with Gasteiger partial charge in [-0.3, -0.25) is 0 Å². The van der Waals surface area contributed by atoms with Crippen molar-refractivity contribution < 1.29 is 4.39 Å². The van der Waals surface area contributed by atoms with Gasteiger partial charge in [0.15, 0.2) is 0 Å². The van der Waals surface area contributed by atoms with Crippen LogP contribution in [-0.4, -0.2) is 23.1 Å². The Kier molecular flexibility index (Phi) is 3.85. The molecule has 1 aliphatic rings. The highest BCUT2D eigenvalue weighted by Gasteiger charge is 2.39. The predicted octanol–water partition coefficient (Wildman–Crippen LogP) is 3.11. The number of rotatable bonds is 3. The first-order valence-electron chi connectivity index (χ1n) is 5.62. The van der Waals surface area contributed by atoms with Gasteiger partial charge < -0.3 is 11.1 Å². The van der Waals surface area contributed by atoms with Gasteiger partial charge in [0.2, 0.25) is 0 Å². The van der Waals surface area contributed by atoms with E-state index in [1.54, 1.807) is 6.07 Å². The molecule has 0 radical (unpaired) electrons. The van der Waals surface area contributed by atoms with E-state index in [1.807, 2.05) is 11.8 Å². The molecule has 5 heteroatoms. The van der Waals surface area contributed by atoms with E-state index < -0.39 is 0 Å². The van der Waals surface area contributed by atoms with Gasteiger partial charge >= 0.3 is 0 Å². The van der Waals surface area contributed by atoms with E-state index in [-0.39, 0.29) is 11.4 Å². The highest BCUT2D eigenvalue weighted by Crippen LogP contribution is 2.38. The second kappa shape index (κ2) is 5.04. The van der Waals surface area contributed by atoms with Gasteiger partial charge in [-0.25, -0.2) is 4.39 Å². The van der Waals surface area contributed by atoms with Crippen molar-refractivity contribution in [2.75, 3.05) is 17.6 Å². The second-order valence-electron chi connectivity index (χ2n) is 4.41. The van der Waals surface area contributed by atoms with Gasteiger partial charge in [0.1, 0.15) is 5.82 Å². The zero-order valence-electron chi connectivity index (χ0n) is 9.67. The fraction of sp³-hybridized carbons (Fsp3) is 0.500. The molecule has 1 aromatic rings. The smallest absolute Gasteiger partial charge is 0.126 e. The Hall–Kier alpha value is -0.450. The first-order valence-corrected chi connectivity index (χ1v) is 7.04. The molecule has 0 aromatic heterocycles. The van der Waals surface area contributed by atoms with Crippen LogP contribution in [0.25, 0.3) is 0 Å². The lowest BCUT2D eigenvalue weighted by atomic mass is 9.92. The molecule has 3 N–H and O–H groups in total. The van der Waals surface area contributed by atoms with Crippen molar-refractivity contribution in [2.24, 2.45) is 5.73 Å². The number of hydrogen-bond donors (Lipinski definition) is 2. The summed E-state index contributed by atoms with van der Waals surface area (Å²) in [6.45, 7) is 2.69. The van der Waals surface area contributed by atoms with Crippen LogP contribution >= 0.6 is 23.4 Å². The molecule has 0 spiro atoms. The van der Waals surface area contributed by atoms with Crippen LogP contribution in [-0.2, 0) is 0 Å². The molecule has 0 saturated carbocycles. The Labute approximate surface area is 110 Å². The Morgan fingerprint density at radius 2 is 2.35 bits per heavy atom.